The summed E-state index contributed by atoms with van der Waals surface area (Å²) in [7, 11) is 1.88. The molecule has 0 spiro atoms. The van der Waals surface area contributed by atoms with Crippen molar-refractivity contribution in [1.29, 1.82) is 0 Å². The van der Waals surface area contributed by atoms with Gasteiger partial charge in [0, 0.05) is 19.5 Å². The minimum absolute atomic E-state index is 0.0810. The topological polar surface area (TPSA) is 39.8 Å². The summed E-state index contributed by atoms with van der Waals surface area (Å²) in [6.07, 6.45) is 8.85. The van der Waals surface area contributed by atoms with Crippen LogP contribution in [-0.2, 0) is 13.6 Å². The largest absolute Gasteiger partial charge is 0.345 e. The third-order valence-electron chi connectivity index (χ3n) is 4.17. The fourth-order valence-electron chi connectivity index (χ4n) is 2.88. The highest BCUT2D eigenvalue weighted by Crippen LogP contribution is 2.32. The molecule has 1 aromatic rings. The van der Waals surface area contributed by atoms with E-state index in [0.717, 1.165) is 12.4 Å². The highest BCUT2D eigenvalue weighted by Gasteiger charge is 2.26. The number of rotatable bonds is 3. The molecule has 2 saturated carbocycles. The van der Waals surface area contributed by atoms with Gasteiger partial charge in [0.25, 0.3) is 0 Å². The first kappa shape index (κ1) is 11.1. The van der Waals surface area contributed by atoms with Gasteiger partial charge in [0.05, 0.1) is 0 Å². The summed E-state index contributed by atoms with van der Waals surface area (Å²) in [5.74, 6) is 2.25. The van der Waals surface area contributed by atoms with Crippen LogP contribution in [0.5, 0.6) is 0 Å². The Balaban J connectivity index is 1.85. The number of hydrogen-bond donors (Lipinski definition) is 0. The molecule has 94 valence electrons. The van der Waals surface area contributed by atoms with Gasteiger partial charge in [0.15, 0.2) is 0 Å². The molecule has 2 aliphatic rings. The lowest BCUT2D eigenvalue weighted by atomic mass is 9.89. The quantitative estimate of drug-likeness (QED) is 0.804. The van der Waals surface area contributed by atoms with Crippen LogP contribution in [0.2, 0.25) is 0 Å². The average Bonchev–Trinajstić information content (AvgIpc) is 3.13. The average molecular weight is 235 g/mol. The summed E-state index contributed by atoms with van der Waals surface area (Å²) in [5, 5.41) is 4.58. The fourth-order valence-corrected chi connectivity index (χ4v) is 2.88. The molecule has 0 aliphatic heterocycles. The van der Waals surface area contributed by atoms with Crippen molar-refractivity contribution in [2.75, 3.05) is 0 Å². The van der Waals surface area contributed by atoms with E-state index in [1.165, 1.54) is 44.9 Å². The van der Waals surface area contributed by atoms with E-state index < -0.39 is 0 Å². The minimum Gasteiger partial charge on any atom is -0.282 e. The van der Waals surface area contributed by atoms with Crippen LogP contribution >= 0.6 is 0 Å². The molecule has 1 aromatic heterocycles. The second-order valence-corrected chi connectivity index (χ2v) is 5.66. The summed E-state index contributed by atoms with van der Waals surface area (Å²) in [5.41, 5.74) is 0.0810. The smallest absolute Gasteiger partial charge is 0.282 e. The van der Waals surface area contributed by atoms with Gasteiger partial charge in [-0.2, -0.15) is 5.10 Å². The van der Waals surface area contributed by atoms with E-state index in [1.807, 2.05) is 7.05 Å². The first-order valence-corrected chi connectivity index (χ1v) is 6.89. The Kier molecular flexibility index (Phi) is 2.81. The molecular formula is C13H21N3O. The Bertz CT molecular complexity index is 450. The molecule has 3 rings (SSSR count). The van der Waals surface area contributed by atoms with Gasteiger partial charge >= 0.3 is 5.69 Å². The molecule has 0 atom stereocenters. The van der Waals surface area contributed by atoms with Crippen molar-refractivity contribution in [3.05, 3.63) is 16.3 Å². The van der Waals surface area contributed by atoms with Gasteiger partial charge in [-0.15, -0.1) is 0 Å². The predicted octanol–water partition coefficient (Wildman–Crippen LogP) is 2.04. The summed E-state index contributed by atoms with van der Waals surface area (Å²) >= 11 is 0. The molecule has 1 heterocycles. The highest BCUT2D eigenvalue weighted by molar-refractivity contribution is 4.98. The summed E-state index contributed by atoms with van der Waals surface area (Å²) in [4.78, 5) is 12.1. The zero-order valence-electron chi connectivity index (χ0n) is 10.6. The molecule has 2 aliphatic carbocycles. The number of nitrogens with zero attached hydrogens (tertiary/aromatic N) is 3. The van der Waals surface area contributed by atoms with E-state index in [2.05, 4.69) is 5.10 Å². The monoisotopic (exact) mass is 235 g/mol. The fraction of sp³-hybridized carbons (Fsp3) is 0.846. The molecule has 0 amide bonds. The van der Waals surface area contributed by atoms with Crippen LogP contribution in [-0.4, -0.2) is 14.3 Å². The first-order valence-electron chi connectivity index (χ1n) is 6.89. The van der Waals surface area contributed by atoms with Crippen LogP contribution in [0.25, 0.3) is 0 Å². The third-order valence-corrected chi connectivity index (χ3v) is 4.17. The van der Waals surface area contributed by atoms with Crippen molar-refractivity contribution in [2.24, 2.45) is 13.0 Å². The SMILES string of the molecule is Cn1c(C2CCCCC2)nn(CC2CC2)c1=O. The van der Waals surface area contributed by atoms with Gasteiger partial charge in [0.1, 0.15) is 5.82 Å². The van der Waals surface area contributed by atoms with Crippen LogP contribution in [0.15, 0.2) is 4.79 Å². The van der Waals surface area contributed by atoms with Crippen LogP contribution in [0, 0.1) is 5.92 Å². The van der Waals surface area contributed by atoms with E-state index in [0.29, 0.717) is 11.8 Å². The van der Waals surface area contributed by atoms with Gasteiger partial charge in [-0.1, -0.05) is 19.3 Å². The van der Waals surface area contributed by atoms with E-state index in [-0.39, 0.29) is 5.69 Å². The lowest BCUT2D eigenvalue weighted by Crippen LogP contribution is -2.24. The zero-order chi connectivity index (χ0) is 11.8. The Morgan fingerprint density at radius 1 is 1.18 bits per heavy atom. The summed E-state index contributed by atoms with van der Waals surface area (Å²) in [6, 6.07) is 0. The van der Waals surface area contributed by atoms with Crippen LogP contribution in [0.4, 0.5) is 0 Å². The predicted molar refractivity (Wildman–Crippen MR) is 66.0 cm³/mol. The Labute approximate surface area is 102 Å². The number of hydrogen-bond acceptors (Lipinski definition) is 2. The standard InChI is InChI=1S/C13H21N3O/c1-15-12(11-5-3-2-4-6-11)14-16(13(15)17)9-10-7-8-10/h10-11H,2-9H2,1H3. The van der Waals surface area contributed by atoms with Crippen molar-refractivity contribution in [3.63, 3.8) is 0 Å². The molecule has 4 heteroatoms. The van der Waals surface area contributed by atoms with E-state index >= 15 is 0 Å². The molecule has 0 bridgehead atoms. The van der Waals surface area contributed by atoms with Gasteiger partial charge in [-0.25, -0.2) is 9.48 Å². The molecule has 0 saturated heterocycles. The minimum atomic E-state index is 0.0810. The van der Waals surface area contributed by atoms with Crippen molar-refractivity contribution in [3.8, 4) is 0 Å². The third kappa shape index (κ3) is 2.17. The summed E-state index contributed by atoms with van der Waals surface area (Å²) < 4.78 is 3.47. The second kappa shape index (κ2) is 4.31. The lowest BCUT2D eigenvalue weighted by Gasteiger charge is -2.19. The normalized spacial score (nSPS) is 21.9. The van der Waals surface area contributed by atoms with Crippen molar-refractivity contribution in [1.82, 2.24) is 14.3 Å². The van der Waals surface area contributed by atoms with Gasteiger partial charge in [-0.3, -0.25) is 4.57 Å². The van der Waals surface area contributed by atoms with Crippen LogP contribution in [0.3, 0.4) is 0 Å². The van der Waals surface area contributed by atoms with Crippen molar-refractivity contribution < 1.29 is 0 Å². The molecule has 17 heavy (non-hydrogen) atoms. The maximum Gasteiger partial charge on any atom is 0.345 e. The van der Waals surface area contributed by atoms with Crippen molar-refractivity contribution in [2.45, 2.75) is 57.4 Å². The number of aromatic nitrogens is 3. The van der Waals surface area contributed by atoms with Gasteiger partial charge in [-0.05, 0) is 31.6 Å². The first-order chi connectivity index (χ1) is 8.25. The molecule has 4 nitrogen and oxygen atoms in total. The van der Waals surface area contributed by atoms with E-state index in [9.17, 15) is 4.79 Å². The zero-order valence-corrected chi connectivity index (χ0v) is 10.6. The Morgan fingerprint density at radius 2 is 1.88 bits per heavy atom. The van der Waals surface area contributed by atoms with E-state index in [1.54, 1.807) is 9.25 Å². The van der Waals surface area contributed by atoms with Gasteiger partial charge < -0.3 is 0 Å². The van der Waals surface area contributed by atoms with Crippen LogP contribution in [0.1, 0.15) is 56.7 Å². The molecule has 0 N–H and O–H groups in total. The highest BCUT2D eigenvalue weighted by atomic mass is 16.2. The Morgan fingerprint density at radius 3 is 2.53 bits per heavy atom. The molecule has 0 unspecified atom stereocenters. The van der Waals surface area contributed by atoms with Crippen LogP contribution < -0.4 is 5.69 Å². The molecule has 0 radical (unpaired) electrons. The molecular weight excluding hydrogens is 214 g/mol. The molecule has 0 aromatic carbocycles. The molecule has 2 fully saturated rings. The summed E-state index contributed by atoms with van der Waals surface area (Å²) in [6.45, 7) is 0.833. The Hall–Kier alpha value is -1.06. The second-order valence-electron chi connectivity index (χ2n) is 5.66. The maximum atomic E-state index is 12.1. The van der Waals surface area contributed by atoms with Gasteiger partial charge in [0.2, 0.25) is 0 Å². The van der Waals surface area contributed by atoms with Crippen molar-refractivity contribution >= 4 is 0 Å². The lowest BCUT2D eigenvalue weighted by molar-refractivity contribution is 0.417. The maximum absolute atomic E-state index is 12.1. The van der Waals surface area contributed by atoms with E-state index in [4.69, 9.17) is 0 Å².